The number of hydrogen-bond donors (Lipinski definition) is 0. The lowest BCUT2D eigenvalue weighted by Crippen LogP contribution is -2.31. The van der Waals surface area contributed by atoms with E-state index in [1.165, 1.54) is 23.3 Å². The van der Waals surface area contributed by atoms with Gasteiger partial charge < -0.3 is 14.9 Å². The number of nitrogens with zero attached hydrogens (tertiary/aromatic N) is 4. The summed E-state index contributed by atoms with van der Waals surface area (Å²) < 4.78 is 5.49. The standard InChI is InChI=1S/C26H20N4O4/c31-25(17-34-24-11-6-14-27-26(24)30(32)33)29-23(19-8-2-1-3-9-19)16-22(28-29)21-13-12-18-7-4-5-10-20(18)15-21/h1-15,23H,16-17H2. The van der Waals surface area contributed by atoms with Gasteiger partial charge in [-0.3, -0.25) is 4.79 Å². The molecule has 1 aliphatic heterocycles. The quantitative estimate of drug-likeness (QED) is 0.306. The van der Waals surface area contributed by atoms with Gasteiger partial charge in [0, 0.05) is 6.42 Å². The van der Waals surface area contributed by atoms with E-state index < -0.39 is 23.3 Å². The van der Waals surface area contributed by atoms with Crippen LogP contribution in [0.3, 0.4) is 0 Å². The first-order chi connectivity index (χ1) is 16.6. The van der Waals surface area contributed by atoms with Crippen LogP contribution in [0.1, 0.15) is 23.6 Å². The van der Waals surface area contributed by atoms with Crippen molar-refractivity contribution in [3.8, 4) is 5.75 Å². The smallest absolute Gasteiger partial charge is 0.406 e. The van der Waals surface area contributed by atoms with Gasteiger partial charge in [-0.15, -0.1) is 0 Å². The molecule has 2 heterocycles. The molecule has 0 aliphatic carbocycles. The van der Waals surface area contributed by atoms with Crippen molar-refractivity contribution < 1.29 is 14.5 Å². The summed E-state index contributed by atoms with van der Waals surface area (Å²) in [6.07, 6.45) is 1.85. The largest absolute Gasteiger partial charge is 0.475 e. The number of carbonyl (C=O) groups excluding carboxylic acids is 1. The molecule has 34 heavy (non-hydrogen) atoms. The number of ether oxygens (including phenoxy) is 1. The number of benzene rings is 3. The molecule has 0 saturated heterocycles. The predicted molar refractivity (Wildman–Crippen MR) is 128 cm³/mol. The lowest BCUT2D eigenvalue weighted by atomic mass is 9.97. The zero-order valence-corrected chi connectivity index (χ0v) is 18.1. The maximum atomic E-state index is 13.2. The Morgan fingerprint density at radius 2 is 1.76 bits per heavy atom. The molecule has 1 unspecified atom stereocenters. The third-order valence-corrected chi connectivity index (χ3v) is 5.71. The summed E-state index contributed by atoms with van der Waals surface area (Å²) in [4.78, 5) is 27.5. The molecule has 0 spiro atoms. The molecule has 1 aromatic heterocycles. The van der Waals surface area contributed by atoms with E-state index in [0.717, 1.165) is 27.6 Å². The number of hydrogen-bond acceptors (Lipinski definition) is 6. The molecule has 0 fully saturated rings. The fourth-order valence-corrected chi connectivity index (χ4v) is 4.06. The van der Waals surface area contributed by atoms with Crippen LogP contribution in [0.5, 0.6) is 5.75 Å². The second-order valence-corrected chi connectivity index (χ2v) is 7.85. The van der Waals surface area contributed by atoms with E-state index in [2.05, 4.69) is 16.2 Å². The highest BCUT2D eigenvalue weighted by molar-refractivity contribution is 6.05. The Bertz CT molecular complexity index is 1400. The third kappa shape index (κ3) is 4.21. The first-order valence-corrected chi connectivity index (χ1v) is 10.8. The lowest BCUT2D eigenvalue weighted by molar-refractivity contribution is -0.390. The molecule has 8 heteroatoms. The molecule has 4 aromatic rings. The zero-order chi connectivity index (χ0) is 23.5. The van der Waals surface area contributed by atoms with Gasteiger partial charge in [-0.2, -0.15) is 5.10 Å². The van der Waals surface area contributed by atoms with Crippen LogP contribution in [0.4, 0.5) is 5.82 Å². The minimum Gasteiger partial charge on any atom is -0.475 e. The van der Waals surface area contributed by atoms with Crippen molar-refractivity contribution >= 4 is 28.2 Å². The summed E-state index contributed by atoms with van der Waals surface area (Å²) in [5, 5.41) is 19.5. The van der Waals surface area contributed by atoms with E-state index in [-0.39, 0.29) is 11.8 Å². The summed E-state index contributed by atoms with van der Waals surface area (Å²) in [5.74, 6) is -0.894. The van der Waals surface area contributed by atoms with Crippen LogP contribution in [0.25, 0.3) is 10.8 Å². The van der Waals surface area contributed by atoms with E-state index in [1.807, 2.05) is 66.7 Å². The van der Waals surface area contributed by atoms with Crippen molar-refractivity contribution in [1.29, 1.82) is 0 Å². The average Bonchev–Trinajstić information content (AvgIpc) is 3.33. The van der Waals surface area contributed by atoms with E-state index in [0.29, 0.717) is 6.42 Å². The molecule has 0 radical (unpaired) electrons. The Labute approximate surface area is 195 Å². The first kappa shape index (κ1) is 21.3. The number of carbonyl (C=O) groups is 1. The molecule has 3 aromatic carbocycles. The van der Waals surface area contributed by atoms with E-state index in [4.69, 9.17) is 4.74 Å². The van der Waals surface area contributed by atoms with Crippen molar-refractivity contribution in [2.75, 3.05) is 6.61 Å². The van der Waals surface area contributed by atoms with Crippen molar-refractivity contribution in [1.82, 2.24) is 9.99 Å². The molecule has 0 N–H and O–H groups in total. The van der Waals surface area contributed by atoms with Gasteiger partial charge in [-0.1, -0.05) is 66.7 Å². The molecule has 8 nitrogen and oxygen atoms in total. The number of hydrazone groups is 1. The second-order valence-electron chi connectivity index (χ2n) is 7.85. The molecule has 0 saturated carbocycles. The summed E-state index contributed by atoms with van der Waals surface area (Å²) in [5.41, 5.74) is 2.68. The molecule has 1 atom stereocenters. The molecule has 5 rings (SSSR count). The van der Waals surface area contributed by atoms with Crippen molar-refractivity contribution in [2.45, 2.75) is 12.5 Å². The van der Waals surface area contributed by atoms with Crippen LogP contribution in [0.2, 0.25) is 0 Å². The van der Waals surface area contributed by atoms with E-state index in [9.17, 15) is 14.9 Å². The summed E-state index contributed by atoms with van der Waals surface area (Å²) >= 11 is 0. The van der Waals surface area contributed by atoms with Gasteiger partial charge in [0.15, 0.2) is 6.61 Å². The minimum atomic E-state index is -0.640. The van der Waals surface area contributed by atoms with Gasteiger partial charge in [0.05, 0.1) is 11.8 Å². The van der Waals surface area contributed by atoms with Crippen molar-refractivity contribution in [3.63, 3.8) is 0 Å². The van der Waals surface area contributed by atoms with Gasteiger partial charge in [0.25, 0.3) is 5.91 Å². The molecule has 168 valence electrons. The Kier molecular flexibility index (Phi) is 5.70. The SMILES string of the molecule is O=C(COc1cccnc1[N+](=O)[O-])N1N=C(c2ccc3ccccc3c2)CC1c1ccccc1. The van der Waals surface area contributed by atoms with Crippen molar-refractivity contribution in [2.24, 2.45) is 5.10 Å². The minimum absolute atomic E-state index is 0.0601. The van der Waals surface area contributed by atoms with E-state index in [1.54, 1.807) is 0 Å². The van der Waals surface area contributed by atoms with E-state index >= 15 is 0 Å². The Balaban J connectivity index is 1.43. The van der Waals surface area contributed by atoms with Crippen LogP contribution in [-0.4, -0.2) is 33.1 Å². The number of fused-ring (bicyclic) bond motifs is 1. The topological polar surface area (TPSA) is 97.9 Å². The highest BCUT2D eigenvalue weighted by atomic mass is 16.6. The number of rotatable bonds is 6. The van der Waals surface area contributed by atoms with Gasteiger partial charge in [0.1, 0.15) is 6.20 Å². The molecule has 0 bridgehead atoms. The molecule has 1 aliphatic rings. The second kappa shape index (κ2) is 9.11. The van der Waals surface area contributed by atoms with Crippen LogP contribution in [0.15, 0.2) is 96.2 Å². The average molecular weight is 452 g/mol. The summed E-state index contributed by atoms with van der Waals surface area (Å²) in [7, 11) is 0. The maximum Gasteiger partial charge on any atom is 0.406 e. The lowest BCUT2D eigenvalue weighted by Gasteiger charge is -2.22. The highest BCUT2D eigenvalue weighted by Gasteiger charge is 2.33. The number of pyridine rings is 1. The van der Waals surface area contributed by atoms with Gasteiger partial charge in [0.2, 0.25) is 5.75 Å². The number of aromatic nitrogens is 1. The third-order valence-electron chi connectivity index (χ3n) is 5.71. The Hall–Kier alpha value is -4.59. The molecular formula is C26H20N4O4. The fourth-order valence-electron chi connectivity index (χ4n) is 4.06. The number of nitro groups is 1. The Morgan fingerprint density at radius 3 is 2.56 bits per heavy atom. The van der Waals surface area contributed by atoms with Crippen LogP contribution >= 0.6 is 0 Å². The maximum absolute atomic E-state index is 13.2. The van der Waals surface area contributed by atoms with Gasteiger partial charge >= 0.3 is 5.82 Å². The predicted octanol–water partition coefficient (Wildman–Crippen LogP) is 4.90. The molecular weight excluding hydrogens is 432 g/mol. The summed E-state index contributed by atoms with van der Waals surface area (Å²) in [6.45, 7) is -0.398. The Morgan fingerprint density at radius 1 is 1.00 bits per heavy atom. The van der Waals surface area contributed by atoms with Crippen LogP contribution in [0, 0.1) is 10.1 Å². The first-order valence-electron chi connectivity index (χ1n) is 10.8. The summed E-state index contributed by atoms with van der Waals surface area (Å²) in [6, 6.07) is 26.5. The monoisotopic (exact) mass is 452 g/mol. The van der Waals surface area contributed by atoms with Crippen molar-refractivity contribution in [3.05, 3.63) is 112 Å². The van der Waals surface area contributed by atoms with Crippen LogP contribution < -0.4 is 4.74 Å². The fraction of sp³-hybridized carbons (Fsp3) is 0.115. The van der Waals surface area contributed by atoms with Gasteiger partial charge in [-0.25, -0.2) is 5.01 Å². The molecule has 1 amide bonds. The highest BCUT2D eigenvalue weighted by Crippen LogP contribution is 2.33. The zero-order valence-electron chi connectivity index (χ0n) is 18.1. The van der Waals surface area contributed by atoms with Gasteiger partial charge in [-0.05, 0) is 50.0 Å². The normalized spacial score (nSPS) is 15.2. The van der Waals surface area contributed by atoms with Crippen LogP contribution in [-0.2, 0) is 4.79 Å². The number of amides is 1.